The Kier molecular flexibility index (Phi) is 4.85. The van der Waals surface area contributed by atoms with Gasteiger partial charge in [-0.3, -0.25) is 4.90 Å². The number of carbonyl (C=O) groups excluding carboxylic acids is 1. The van der Waals surface area contributed by atoms with Crippen LogP contribution < -0.4 is 0 Å². The van der Waals surface area contributed by atoms with Gasteiger partial charge in [0.25, 0.3) is 0 Å². The van der Waals surface area contributed by atoms with Gasteiger partial charge in [0.05, 0.1) is 6.54 Å². The number of aryl methyl sites for hydroxylation is 1. The first-order chi connectivity index (χ1) is 10.3. The van der Waals surface area contributed by atoms with Crippen molar-refractivity contribution in [1.82, 2.24) is 14.5 Å². The van der Waals surface area contributed by atoms with E-state index in [2.05, 4.69) is 4.98 Å². The fourth-order valence-electron chi connectivity index (χ4n) is 2.03. The van der Waals surface area contributed by atoms with Crippen LogP contribution in [0.25, 0.3) is 0 Å². The highest BCUT2D eigenvalue weighted by molar-refractivity contribution is 5.68. The number of nitrogens with zero attached hydrogens (tertiary/aromatic N) is 3. The minimum atomic E-state index is -0.520. The quantitative estimate of drug-likeness (QED) is 0.870. The Bertz CT molecular complexity index is 614. The van der Waals surface area contributed by atoms with E-state index < -0.39 is 5.60 Å². The van der Waals surface area contributed by atoms with E-state index in [4.69, 9.17) is 4.74 Å². The lowest BCUT2D eigenvalue weighted by molar-refractivity contribution is 0.0210. The van der Waals surface area contributed by atoms with Crippen LogP contribution in [0.3, 0.4) is 0 Å². The van der Waals surface area contributed by atoms with Crippen LogP contribution >= 0.6 is 0 Å². The van der Waals surface area contributed by atoms with Gasteiger partial charge in [0.1, 0.15) is 11.4 Å². The van der Waals surface area contributed by atoms with E-state index >= 15 is 0 Å². The van der Waals surface area contributed by atoms with Gasteiger partial charge in [-0.2, -0.15) is 0 Å². The predicted molar refractivity (Wildman–Crippen MR) is 85.1 cm³/mol. The van der Waals surface area contributed by atoms with Crippen LogP contribution in [0, 0.1) is 0 Å². The summed E-state index contributed by atoms with van der Waals surface area (Å²) in [7, 11) is 1.91. The van der Waals surface area contributed by atoms with Crippen LogP contribution in [0.5, 0.6) is 0 Å². The van der Waals surface area contributed by atoms with Crippen LogP contribution in [0.4, 0.5) is 4.79 Å². The summed E-state index contributed by atoms with van der Waals surface area (Å²) in [5.74, 6) is 0.821. The van der Waals surface area contributed by atoms with Gasteiger partial charge in [0, 0.05) is 26.0 Å². The summed E-state index contributed by atoms with van der Waals surface area (Å²) in [5.41, 5.74) is 0.538. The largest absolute Gasteiger partial charge is 0.444 e. The van der Waals surface area contributed by atoms with Crippen LogP contribution in [-0.4, -0.2) is 26.1 Å². The second-order valence-electron chi connectivity index (χ2n) is 6.28. The molecule has 0 saturated heterocycles. The summed E-state index contributed by atoms with van der Waals surface area (Å²) in [6, 6.07) is 9.87. The number of hydrogen-bond acceptors (Lipinski definition) is 3. The monoisotopic (exact) mass is 301 g/mol. The highest BCUT2D eigenvalue weighted by Gasteiger charge is 2.23. The molecule has 118 valence electrons. The molecule has 0 aliphatic carbocycles. The number of benzene rings is 1. The predicted octanol–water partition coefficient (Wildman–Crippen LogP) is 3.36. The molecule has 0 aliphatic rings. The Morgan fingerprint density at radius 1 is 1.23 bits per heavy atom. The molecule has 5 heteroatoms. The molecule has 2 aromatic rings. The van der Waals surface area contributed by atoms with Gasteiger partial charge >= 0.3 is 6.09 Å². The van der Waals surface area contributed by atoms with Gasteiger partial charge in [-0.15, -0.1) is 0 Å². The Labute approximate surface area is 131 Å². The molecule has 0 unspecified atom stereocenters. The molecule has 1 aromatic carbocycles. The molecule has 0 atom stereocenters. The van der Waals surface area contributed by atoms with Crippen molar-refractivity contribution in [3.05, 3.63) is 54.1 Å². The van der Waals surface area contributed by atoms with E-state index in [1.165, 1.54) is 0 Å². The van der Waals surface area contributed by atoms with Crippen molar-refractivity contribution in [2.24, 2.45) is 7.05 Å². The van der Waals surface area contributed by atoms with Crippen molar-refractivity contribution in [2.45, 2.75) is 39.5 Å². The van der Waals surface area contributed by atoms with Crippen LogP contribution in [0.15, 0.2) is 42.7 Å². The summed E-state index contributed by atoms with van der Waals surface area (Å²) >= 11 is 0. The molecule has 0 N–H and O–H groups in total. The number of aromatic nitrogens is 2. The van der Waals surface area contributed by atoms with Crippen molar-refractivity contribution in [2.75, 3.05) is 0 Å². The summed E-state index contributed by atoms with van der Waals surface area (Å²) in [6.07, 6.45) is 3.26. The highest BCUT2D eigenvalue weighted by atomic mass is 16.6. The van der Waals surface area contributed by atoms with Gasteiger partial charge in [-0.1, -0.05) is 30.3 Å². The topological polar surface area (TPSA) is 47.4 Å². The molecule has 0 radical (unpaired) electrons. The molecule has 22 heavy (non-hydrogen) atoms. The van der Waals surface area contributed by atoms with Gasteiger partial charge in [-0.25, -0.2) is 9.78 Å². The number of imidazole rings is 1. The van der Waals surface area contributed by atoms with Gasteiger partial charge < -0.3 is 9.30 Å². The Morgan fingerprint density at radius 3 is 2.45 bits per heavy atom. The normalized spacial score (nSPS) is 11.3. The number of ether oxygens (including phenoxy) is 1. The molecule has 2 rings (SSSR count). The maximum atomic E-state index is 12.5. The van der Waals surface area contributed by atoms with Crippen LogP contribution in [-0.2, 0) is 24.9 Å². The second kappa shape index (κ2) is 6.64. The first-order valence-electron chi connectivity index (χ1n) is 7.33. The molecule has 0 spiro atoms. The van der Waals surface area contributed by atoms with E-state index in [1.807, 2.05) is 68.9 Å². The number of carbonyl (C=O) groups is 1. The van der Waals surface area contributed by atoms with Crippen molar-refractivity contribution in [1.29, 1.82) is 0 Å². The molecule has 0 bridgehead atoms. The molecule has 5 nitrogen and oxygen atoms in total. The van der Waals surface area contributed by atoms with E-state index in [9.17, 15) is 4.79 Å². The fraction of sp³-hybridized carbons (Fsp3) is 0.412. The Balaban J connectivity index is 2.16. The van der Waals surface area contributed by atoms with Gasteiger partial charge in [0.15, 0.2) is 0 Å². The third kappa shape index (κ3) is 4.62. The minimum absolute atomic E-state index is 0.334. The lowest BCUT2D eigenvalue weighted by Crippen LogP contribution is -2.36. The molecule has 1 heterocycles. The van der Waals surface area contributed by atoms with Crippen molar-refractivity contribution in [3.63, 3.8) is 0 Å². The molecule has 0 saturated carbocycles. The lowest BCUT2D eigenvalue weighted by atomic mass is 10.2. The van der Waals surface area contributed by atoms with E-state index in [0.717, 1.165) is 11.4 Å². The second-order valence-corrected chi connectivity index (χ2v) is 6.28. The first kappa shape index (κ1) is 16.1. The third-order valence-electron chi connectivity index (χ3n) is 3.12. The van der Waals surface area contributed by atoms with Crippen molar-refractivity contribution in [3.8, 4) is 0 Å². The number of rotatable bonds is 4. The maximum absolute atomic E-state index is 12.5. The zero-order valence-corrected chi connectivity index (χ0v) is 13.6. The van der Waals surface area contributed by atoms with E-state index in [1.54, 1.807) is 11.1 Å². The first-order valence-corrected chi connectivity index (χ1v) is 7.33. The maximum Gasteiger partial charge on any atom is 0.410 e. The van der Waals surface area contributed by atoms with Gasteiger partial charge in [0.2, 0.25) is 0 Å². The summed E-state index contributed by atoms with van der Waals surface area (Å²) in [6.45, 7) is 6.50. The molecule has 1 amide bonds. The zero-order valence-electron chi connectivity index (χ0n) is 13.6. The SMILES string of the molecule is Cn1ccnc1CN(Cc1ccccc1)C(=O)OC(C)(C)C. The average Bonchev–Trinajstić information content (AvgIpc) is 2.83. The molecular weight excluding hydrogens is 278 g/mol. The highest BCUT2D eigenvalue weighted by Crippen LogP contribution is 2.15. The van der Waals surface area contributed by atoms with Crippen LogP contribution in [0.1, 0.15) is 32.2 Å². The van der Waals surface area contributed by atoms with Crippen molar-refractivity contribution < 1.29 is 9.53 Å². The molecular formula is C17H23N3O2. The summed E-state index contributed by atoms with van der Waals surface area (Å²) in [4.78, 5) is 18.4. The number of amides is 1. The summed E-state index contributed by atoms with van der Waals surface area (Å²) in [5, 5.41) is 0. The Hall–Kier alpha value is -2.30. The minimum Gasteiger partial charge on any atom is -0.444 e. The van der Waals surface area contributed by atoms with E-state index in [0.29, 0.717) is 13.1 Å². The molecule has 1 aromatic heterocycles. The fourth-order valence-corrected chi connectivity index (χ4v) is 2.03. The van der Waals surface area contributed by atoms with E-state index in [-0.39, 0.29) is 6.09 Å². The van der Waals surface area contributed by atoms with Crippen LogP contribution in [0.2, 0.25) is 0 Å². The molecule has 0 fully saturated rings. The van der Waals surface area contributed by atoms with Crippen molar-refractivity contribution >= 4 is 6.09 Å². The standard InChI is InChI=1S/C17H23N3O2/c1-17(2,3)22-16(21)20(12-14-8-6-5-7-9-14)13-15-18-10-11-19(15)4/h5-11H,12-13H2,1-4H3. The molecule has 0 aliphatic heterocycles. The lowest BCUT2D eigenvalue weighted by Gasteiger charge is -2.27. The average molecular weight is 301 g/mol. The van der Waals surface area contributed by atoms with Gasteiger partial charge in [-0.05, 0) is 26.3 Å². The number of hydrogen-bond donors (Lipinski definition) is 0. The Morgan fingerprint density at radius 2 is 1.91 bits per heavy atom. The third-order valence-corrected chi connectivity index (χ3v) is 3.12. The zero-order chi connectivity index (χ0) is 16.2. The summed E-state index contributed by atoms with van der Waals surface area (Å²) < 4.78 is 7.42. The smallest absolute Gasteiger partial charge is 0.410 e.